The van der Waals surface area contributed by atoms with Gasteiger partial charge in [0.05, 0.1) is 6.10 Å². The van der Waals surface area contributed by atoms with Crippen molar-refractivity contribution >= 4 is 0 Å². The summed E-state index contributed by atoms with van der Waals surface area (Å²) < 4.78 is 5.73. The van der Waals surface area contributed by atoms with Crippen molar-refractivity contribution in [1.82, 2.24) is 10.2 Å². The van der Waals surface area contributed by atoms with E-state index in [1.54, 1.807) is 0 Å². The van der Waals surface area contributed by atoms with E-state index in [1.807, 2.05) is 0 Å². The smallest absolute Gasteiger partial charge is 0.0576 e. The van der Waals surface area contributed by atoms with Crippen LogP contribution in [0.3, 0.4) is 0 Å². The zero-order valence-electron chi connectivity index (χ0n) is 13.0. The van der Waals surface area contributed by atoms with Crippen molar-refractivity contribution in [3.05, 3.63) is 0 Å². The van der Waals surface area contributed by atoms with Gasteiger partial charge in [-0.05, 0) is 59.7 Å². The van der Waals surface area contributed by atoms with Gasteiger partial charge in [0.25, 0.3) is 0 Å². The van der Waals surface area contributed by atoms with E-state index >= 15 is 0 Å². The zero-order chi connectivity index (χ0) is 13.6. The Morgan fingerprint density at radius 3 is 2.44 bits per heavy atom. The van der Waals surface area contributed by atoms with Gasteiger partial charge in [-0.25, -0.2) is 0 Å². The van der Waals surface area contributed by atoms with Crippen LogP contribution in [-0.4, -0.2) is 49.3 Å². The van der Waals surface area contributed by atoms with Crippen molar-refractivity contribution in [3.8, 4) is 0 Å². The first-order valence-corrected chi connectivity index (χ1v) is 7.60. The maximum absolute atomic E-state index is 5.73. The SMILES string of the molecule is CCN(CC)C(C)(C)C(CCC1CCCO1)NC. The van der Waals surface area contributed by atoms with Crippen LogP contribution in [-0.2, 0) is 4.74 Å². The average molecular weight is 256 g/mol. The van der Waals surface area contributed by atoms with Gasteiger partial charge in [0, 0.05) is 18.2 Å². The van der Waals surface area contributed by atoms with E-state index in [9.17, 15) is 0 Å². The van der Waals surface area contributed by atoms with Crippen molar-refractivity contribution in [2.75, 3.05) is 26.7 Å². The Hall–Kier alpha value is -0.120. The van der Waals surface area contributed by atoms with Crippen molar-refractivity contribution in [2.24, 2.45) is 0 Å². The predicted octanol–water partition coefficient (Wildman–Crippen LogP) is 2.65. The molecular formula is C15H32N2O. The number of hydrogen-bond acceptors (Lipinski definition) is 3. The first kappa shape index (κ1) is 15.9. The highest BCUT2D eigenvalue weighted by Crippen LogP contribution is 2.25. The number of nitrogens with one attached hydrogen (secondary N) is 1. The van der Waals surface area contributed by atoms with Crippen molar-refractivity contribution < 1.29 is 4.74 Å². The minimum absolute atomic E-state index is 0.205. The van der Waals surface area contributed by atoms with E-state index in [4.69, 9.17) is 4.74 Å². The first-order valence-electron chi connectivity index (χ1n) is 7.60. The highest BCUT2D eigenvalue weighted by molar-refractivity contribution is 4.92. The summed E-state index contributed by atoms with van der Waals surface area (Å²) in [6.45, 7) is 12.4. The fourth-order valence-corrected chi connectivity index (χ4v) is 3.33. The van der Waals surface area contributed by atoms with Crippen LogP contribution in [0.25, 0.3) is 0 Å². The zero-order valence-corrected chi connectivity index (χ0v) is 13.0. The van der Waals surface area contributed by atoms with E-state index in [2.05, 4.69) is 45.0 Å². The second-order valence-corrected chi connectivity index (χ2v) is 5.88. The van der Waals surface area contributed by atoms with Gasteiger partial charge in [-0.3, -0.25) is 4.90 Å². The van der Waals surface area contributed by atoms with E-state index in [1.165, 1.54) is 25.7 Å². The molecule has 0 aliphatic carbocycles. The van der Waals surface area contributed by atoms with Crippen LogP contribution in [0, 0.1) is 0 Å². The summed E-state index contributed by atoms with van der Waals surface area (Å²) in [5, 5.41) is 3.52. The lowest BCUT2D eigenvalue weighted by Crippen LogP contribution is -2.57. The van der Waals surface area contributed by atoms with E-state index in [-0.39, 0.29) is 5.54 Å². The molecule has 1 aliphatic rings. The molecule has 108 valence electrons. The predicted molar refractivity (Wildman–Crippen MR) is 78.1 cm³/mol. The Morgan fingerprint density at radius 1 is 1.33 bits per heavy atom. The molecule has 3 heteroatoms. The molecule has 2 atom stereocenters. The molecule has 1 N–H and O–H groups in total. The van der Waals surface area contributed by atoms with E-state index in [0.717, 1.165) is 19.7 Å². The molecule has 18 heavy (non-hydrogen) atoms. The minimum atomic E-state index is 0.205. The first-order chi connectivity index (χ1) is 8.56. The molecule has 0 saturated carbocycles. The number of rotatable bonds is 8. The summed E-state index contributed by atoms with van der Waals surface area (Å²) in [6.07, 6.45) is 5.39. The average Bonchev–Trinajstić information content (AvgIpc) is 2.83. The molecule has 0 aromatic heterocycles. The highest BCUT2D eigenvalue weighted by atomic mass is 16.5. The quantitative estimate of drug-likeness (QED) is 0.722. The molecule has 0 aromatic carbocycles. The van der Waals surface area contributed by atoms with Crippen molar-refractivity contribution in [1.29, 1.82) is 0 Å². The van der Waals surface area contributed by atoms with Crippen LogP contribution in [0.15, 0.2) is 0 Å². The molecule has 0 bridgehead atoms. The fourth-order valence-electron chi connectivity index (χ4n) is 3.33. The molecule has 1 fully saturated rings. The van der Waals surface area contributed by atoms with E-state index in [0.29, 0.717) is 12.1 Å². The van der Waals surface area contributed by atoms with Crippen LogP contribution in [0.5, 0.6) is 0 Å². The molecular weight excluding hydrogens is 224 g/mol. The lowest BCUT2D eigenvalue weighted by molar-refractivity contribution is 0.0680. The summed E-state index contributed by atoms with van der Waals surface area (Å²) in [5.41, 5.74) is 0.205. The molecule has 0 spiro atoms. The number of likely N-dealkylation sites (N-methyl/N-ethyl adjacent to an activating group) is 2. The molecule has 2 unspecified atom stereocenters. The molecule has 0 radical (unpaired) electrons. The van der Waals surface area contributed by atoms with Crippen molar-refractivity contribution in [2.45, 2.75) is 71.1 Å². The van der Waals surface area contributed by atoms with Crippen LogP contribution in [0.1, 0.15) is 53.4 Å². The topological polar surface area (TPSA) is 24.5 Å². The molecule has 0 aromatic rings. The van der Waals surface area contributed by atoms with Gasteiger partial charge in [0.1, 0.15) is 0 Å². The third-order valence-electron chi connectivity index (χ3n) is 4.58. The van der Waals surface area contributed by atoms with Gasteiger partial charge in [0.15, 0.2) is 0 Å². The largest absolute Gasteiger partial charge is 0.378 e. The second-order valence-electron chi connectivity index (χ2n) is 5.88. The Bertz CT molecular complexity index is 221. The lowest BCUT2D eigenvalue weighted by atomic mass is 9.88. The van der Waals surface area contributed by atoms with Crippen LogP contribution >= 0.6 is 0 Å². The third kappa shape index (κ3) is 3.94. The van der Waals surface area contributed by atoms with E-state index < -0.39 is 0 Å². The maximum atomic E-state index is 5.73. The summed E-state index contributed by atoms with van der Waals surface area (Å²) >= 11 is 0. The molecule has 1 aliphatic heterocycles. The minimum Gasteiger partial charge on any atom is -0.378 e. The van der Waals surface area contributed by atoms with Crippen LogP contribution < -0.4 is 5.32 Å². The van der Waals surface area contributed by atoms with Crippen LogP contribution in [0.2, 0.25) is 0 Å². The summed E-state index contributed by atoms with van der Waals surface area (Å²) in [6, 6.07) is 0.529. The molecule has 1 heterocycles. The lowest BCUT2D eigenvalue weighted by Gasteiger charge is -2.43. The van der Waals surface area contributed by atoms with Gasteiger partial charge >= 0.3 is 0 Å². The molecule has 0 amide bonds. The molecule has 1 saturated heterocycles. The van der Waals surface area contributed by atoms with Gasteiger partial charge in [-0.1, -0.05) is 13.8 Å². The van der Waals surface area contributed by atoms with Crippen LogP contribution in [0.4, 0.5) is 0 Å². The Balaban J connectivity index is 2.51. The second kappa shape index (κ2) is 7.46. The summed E-state index contributed by atoms with van der Waals surface area (Å²) in [5.74, 6) is 0. The van der Waals surface area contributed by atoms with Gasteiger partial charge in [-0.15, -0.1) is 0 Å². The Labute approximate surface area is 113 Å². The summed E-state index contributed by atoms with van der Waals surface area (Å²) in [4.78, 5) is 2.55. The summed E-state index contributed by atoms with van der Waals surface area (Å²) in [7, 11) is 2.09. The maximum Gasteiger partial charge on any atom is 0.0576 e. The Morgan fingerprint density at radius 2 is 2.00 bits per heavy atom. The number of hydrogen-bond donors (Lipinski definition) is 1. The highest BCUT2D eigenvalue weighted by Gasteiger charge is 2.33. The molecule has 1 rings (SSSR count). The van der Waals surface area contributed by atoms with Crippen molar-refractivity contribution in [3.63, 3.8) is 0 Å². The fraction of sp³-hybridized carbons (Fsp3) is 1.00. The number of nitrogens with zero attached hydrogens (tertiary/aromatic N) is 1. The standard InChI is InChI=1S/C15H32N2O/c1-6-17(7-2)15(3,4)14(16-5)11-10-13-9-8-12-18-13/h13-14,16H,6-12H2,1-5H3. The van der Waals surface area contributed by atoms with Gasteiger partial charge in [-0.2, -0.15) is 0 Å². The third-order valence-corrected chi connectivity index (χ3v) is 4.58. The van der Waals surface area contributed by atoms with Gasteiger partial charge < -0.3 is 10.1 Å². The normalized spacial score (nSPS) is 22.7. The molecule has 3 nitrogen and oxygen atoms in total. The number of ether oxygens (including phenoxy) is 1. The van der Waals surface area contributed by atoms with Gasteiger partial charge in [0.2, 0.25) is 0 Å². The Kier molecular flexibility index (Phi) is 6.61. The monoisotopic (exact) mass is 256 g/mol.